The molecule has 0 aliphatic carbocycles. The molecule has 28 heavy (non-hydrogen) atoms. The molecular formula is C20H24N4O3S. The van der Waals surface area contributed by atoms with Crippen LogP contribution in [-0.2, 0) is 9.53 Å². The molecule has 1 unspecified atom stereocenters. The summed E-state index contributed by atoms with van der Waals surface area (Å²) in [6.45, 7) is 5.39. The minimum atomic E-state index is -0.135. The number of aryl methyl sites for hydroxylation is 2. The van der Waals surface area contributed by atoms with Crippen molar-refractivity contribution in [3.8, 4) is 5.88 Å². The molecule has 4 rings (SSSR count). The van der Waals surface area contributed by atoms with Gasteiger partial charge in [-0.1, -0.05) is 41.2 Å². The number of rotatable bonds is 4. The Morgan fingerprint density at radius 1 is 1.32 bits per heavy atom. The van der Waals surface area contributed by atoms with Crippen molar-refractivity contribution in [1.82, 2.24) is 19.5 Å². The van der Waals surface area contributed by atoms with Crippen LogP contribution in [0.2, 0.25) is 0 Å². The van der Waals surface area contributed by atoms with Gasteiger partial charge in [-0.3, -0.25) is 9.69 Å². The van der Waals surface area contributed by atoms with E-state index in [-0.39, 0.29) is 23.8 Å². The second-order valence-electron chi connectivity index (χ2n) is 7.29. The predicted molar refractivity (Wildman–Crippen MR) is 107 cm³/mol. The minimum Gasteiger partial charge on any atom is -0.492 e. The van der Waals surface area contributed by atoms with Crippen molar-refractivity contribution in [1.29, 1.82) is 0 Å². The zero-order valence-corrected chi connectivity index (χ0v) is 17.1. The highest BCUT2D eigenvalue weighted by atomic mass is 32.1. The maximum absolute atomic E-state index is 11.9. The summed E-state index contributed by atoms with van der Waals surface area (Å²) in [6, 6.07) is 8.24. The van der Waals surface area contributed by atoms with Crippen LogP contribution < -0.4 is 0 Å². The van der Waals surface area contributed by atoms with Gasteiger partial charge in [0.25, 0.3) is 0 Å². The van der Waals surface area contributed by atoms with Crippen molar-refractivity contribution in [3.63, 3.8) is 0 Å². The van der Waals surface area contributed by atoms with E-state index in [0.29, 0.717) is 10.8 Å². The van der Waals surface area contributed by atoms with Gasteiger partial charge in [0.1, 0.15) is 5.82 Å². The number of benzene rings is 1. The first kappa shape index (κ1) is 18.9. The first-order valence-corrected chi connectivity index (χ1v) is 10.2. The zero-order chi connectivity index (χ0) is 19.8. The lowest BCUT2D eigenvalue weighted by atomic mass is 9.93. The van der Waals surface area contributed by atoms with E-state index < -0.39 is 0 Å². The van der Waals surface area contributed by atoms with E-state index in [1.807, 2.05) is 13.0 Å². The van der Waals surface area contributed by atoms with Gasteiger partial charge in [0, 0.05) is 0 Å². The van der Waals surface area contributed by atoms with Crippen molar-refractivity contribution < 1.29 is 14.6 Å². The fourth-order valence-electron chi connectivity index (χ4n) is 3.95. The first-order chi connectivity index (χ1) is 13.5. The van der Waals surface area contributed by atoms with Crippen LogP contribution in [0, 0.1) is 19.8 Å². The summed E-state index contributed by atoms with van der Waals surface area (Å²) < 4.78 is 6.43. The molecule has 1 aliphatic heterocycles. The van der Waals surface area contributed by atoms with Crippen LogP contribution in [-0.4, -0.2) is 50.8 Å². The second kappa shape index (κ2) is 7.52. The summed E-state index contributed by atoms with van der Waals surface area (Å²) in [7, 11) is 1.44. The molecule has 0 bridgehead atoms. The highest BCUT2D eigenvalue weighted by Crippen LogP contribution is 2.41. The van der Waals surface area contributed by atoms with Crippen molar-refractivity contribution in [2.24, 2.45) is 5.92 Å². The lowest BCUT2D eigenvalue weighted by molar-refractivity contribution is -0.147. The smallest absolute Gasteiger partial charge is 0.308 e. The molecule has 1 N–H and O–H groups in total. The topological polar surface area (TPSA) is 80.0 Å². The number of nitrogens with zero attached hydrogens (tertiary/aromatic N) is 4. The number of thiazole rings is 1. The molecule has 148 valence electrons. The molecule has 0 saturated carbocycles. The molecule has 7 nitrogen and oxygen atoms in total. The number of hydrogen-bond acceptors (Lipinski definition) is 7. The number of ether oxygens (including phenoxy) is 1. The minimum absolute atomic E-state index is 0.0574. The fourth-order valence-corrected chi connectivity index (χ4v) is 5.12. The van der Waals surface area contributed by atoms with Gasteiger partial charge < -0.3 is 9.84 Å². The molecule has 0 radical (unpaired) electrons. The van der Waals surface area contributed by atoms with Gasteiger partial charge in [-0.05, 0) is 45.3 Å². The third kappa shape index (κ3) is 3.38. The molecule has 1 atom stereocenters. The van der Waals surface area contributed by atoms with Crippen LogP contribution >= 0.6 is 11.3 Å². The number of piperidine rings is 1. The molecule has 1 fully saturated rings. The average molecular weight is 401 g/mol. The monoisotopic (exact) mass is 400 g/mol. The van der Waals surface area contributed by atoms with E-state index in [1.54, 1.807) is 0 Å². The zero-order valence-electron chi connectivity index (χ0n) is 16.3. The van der Waals surface area contributed by atoms with Gasteiger partial charge in [0.2, 0.25) is 10.8 Å². The Bertz CT molecular complexity index is 1000. The molecule has 3 aromatic rings. The number of fused-ring (bicyclic) bond motifs is 1. The highest BCUT2D eigenvalue weighted by molar-refractivity contribution is 7.17. The van der Waals surface area contributed by atoms with Crippen LogP contribution in [0.15, 0.2) is 24.3 Å². The van der Waals surface area contributed by atoms with Gasteiger partial charge >= 0.3 is 5.97 Å². The third-order valence-corrected chi connectivity index (χ3v) is 6.41. The molecule has 8 heteroatoms. The van der Waals surface area contributed by atoms with E-state index in [2.05, 4.69) is 40.1 Å². The number of carbonyl (C=O) groups is 1. The quantitative estimate of drug-likeness (QED) is 0.678. The van der Waals surface area contributed by atoms with E-state index >= 15 is 0 Å². The lowest BCUT2D eigenvalue weighted by Crippen LogP contribution is -2.39. The van der Waals surface area contributed by atoms with Gasteiger partial charge in [-0.25, -0.2) is 4.98 Å². The molecular weight excluding hydrogens is 376 g/mol. The van der Waals surface area contributed by atoms with Gasteiger partial charge in [-0.2, -0.15) is 4.52 Å². The Morgan fingerprint density at radius 3 is 2.71 bits per heavy atom. The SMILES string of the molecule is COC(=O)C1CCN(C(c2cccc(C)c2)c2sc3nc(C)nn3c2O)CC1. The maximum Gasteiger partial charge on any atom is 0.308 e. The molecule has 2 aromatic heterocycles. The summed E-state index contributed by atoms with van der Waals surface area (Å²) in [5.74, 6) is 0.586. The van der Waals surface area contributed by atoms with E-state index in [0.717, 1.165) is 36.4 Å². The van der Waals surface area contributed by atoms with Crippen LogP contribution in [0.5, 0.6) is 5.88 Å². The maximum atomic E-state index is 11.9. The number of carbonyl (C=O) groups excluding carboxylic acids is 1. The Hall–Kier alpha value is -2.45. The number of aromatic hydroxyl groups is 1. The summed E-state index contributed by atoms with van der Waals surface area (Å²) in [6.07, 6.45) is 1.49. The molecule has 0 amide bonds. The second-order valence-corrected chi connectivity index (χ2v) is 8.30. The van der Waals surface area contributed by atoms with Crippen LogP contribution in [0.1, 0.15) is 40.7 Å². The fraction of sp³-hybridized carbons (Fsp3) is 0.450. The predicted octanol–water partition coefficient (Wildman–Crippen LogP) is 3.09. The third-order valence-electron chi connectivity index (χ3n) is 5.34. The number of likely N-dealkylation sites (tertiary alicyclic amines) is 1. The summed E-state index contributed by atoms with van der Waals surface area (Å²) >= 11 is 1.46. The van der Waals surface area contributed by atoms with Crippen molar-refractivity contribution in [2.75, 3.05) is 20.2 Å². The van der Waals surface area contributed by atoms with Gasteiger partial charge in [-0.15, -0.1) is 5.10 Å². The number of methoxy groups -OCH3 is 1. The normalized spacial score (nSPS) is 17.1. The van der Waals surface area contributed by atoms with Crippen LogP contribution in [0.4, 0.5) is 0 Å². The molecule has 0 spiro atoms. The Kier molecular flexibility index (Phi) is 5.07. The summed E-state index contributed by atoms with van der Waals surface area (Å²) in [5, 5.41) is 15.2. The van der Waals surface area contributed by atoms with E-state index in [4.69, 9.17) is 4.74 Å². The number of esters is 1. The average Bonchev–Trinajstić information content (AvgIpc) is 3.19. The highest BCUT2D eigenvalue weighted by Gasteiger charge is 2.34. The molecule has 1 aliphatic rings. The molecule has 1 aromatic carbocycles. The van der Waals surface area contributed by atoms with Gasteiger partial charge in [0.15, 0.2) is 0 Å². The Balaban J connectivity index is 1.71. The van der Waals surface area contributed by atoms with Crippen molar-refractivity contribution in [2.45, 2.75) is 32.7 Å². The summed E-state index contributed by atoms with van der Waals surface area (Å²) in [4.78, 5) is 20.2. The Morgan fingerprint density at radius 2 is 2.07 bits per heavy atom. The standard InChI is InChI=1S/C20H24N4O3S/c1-12-5-4-6-15(11-12)16(23-9-7-14(8-10-23)19(26)27-3)17-18(25)24-20(28-17)21-13(2)22-24/h4-6,11,14,16,25H,7-10H2,1-3H3. The number of hydrogen-bond donors (Lipinski definition) is 1. The van der Waals surface area contributed by atoms with Crippen molar-refractivity contribution in [3.05, 3.63) is 46.1 Å². The van der Waals surface area contributed by atoms with Crippen molar-refractivity contribution >= 4 is 22.3 Å². The first-order valence-electron chi connectivity index (χ1n) is 9.41. The molecule has 3 heterocycles. The number of aromatic nitrogens is 3. The van der Waals surface area contributed by atoms with E-state index in [1.165, 1.54) is 28.5 Å². The lowest BCUT2D eigenvalue weighted by Gasteiger charge is -2.36. The van der Waals surface area contributed by atoms with Crippen LogP contribution in [0.3, 0.4) is 0 Å². The largest absolute Gasteiger partial charge is 0.492 e. The van der Waals surface area contributed by atoms with E-state index in [9.17, 15) is 9.90 Å². The molecule has 1 saturated heterocycles. The summed E-state index contributed by atoms with van der Waals surface area (Å²) in [5.41, 5.74) is 2.29. The van der Waals surface area contributed by atoms with Crippen LogP contribution in [0.25, 0.3) is 4.96 Å². The van der Waals surface area contributed by atoms with Gasteiger partial charge in [0.05, 0.1) is 23.9 Å². The Labute approximate surface area is 167 Å².